The topological polar surface area (TPSA) is 166 Å². The Morgan fingerprint density at radius 1 is 1.40 bits per heavy atom. The van der Waals surface area contributed by atoms with Crippen molar-refractivity contribution in [3.05, 3.63) is 27.0 Å². The van der Waals surface area contributed by atoms with Gasteiger partial charge in [0.15, 0.2) is 0 Å². The molecule has 112 valence electrons. The number of carbonyl (C=O) groups excluding carboxylic acids is 1. The molecule has 0 radical (unpaired) electrons. The maximum atomic E-state index is 12.1. The van der Waals surface area contributed by atoms with Gasteiger partial charge in [-0.15, -0.1) is 0 Å². The van der Waals surface area contributed by atoms with Crippen LogP contribution in [0.2, 0.25) is 0 Å². The number of rotatable bonds is 5. The Balaban J connectivity index is 3.75. The number of nitrogens with zero attached hydrogens (tertiary/aromatic N) is 1. The Morgan fingerprint density at radius 3 is 2.35 bits per heavy atom. The molecule has 0 aliphatic rings. The number of amides is 1. The zero-order chi connectivity index (χ0) is 15.7. The molecule has 1 amide bonds. The third-order valence-corrected chi connectivity index (χ3v) is 3.39. The molecule has 0 aliphatic heterocycles. The van der Waals surface area contributed by atoms with Gasteiger partial charge in [-0.1, -0.05) is 0 Å². The Bertz CT molecular complexity index is 707. The summed E-state index contributed by atoms with van der Waals surface area (Å²) in [6.45, 7) is 1.10. The molecule has 1 aromatic rings. The molecule has 0 unspecified atom stereocenters. The molecule has 1 aromatic heterocycles. The average Bonchev–Trinajstić information content (AvgIpc) is 2.28. The second kappa shape index (κ2) is 5.61. The summed E-state index contributed by atoms with van der Waals surface area (Å²) in [6.07, 6.45) is 0. The highest BCUT2D eigenvalue weighted by atomic mass is 32.2. The Hall–Kier alpha value is -1.91. The molecule has 1 heterocycles. The fourth-order valence-electron chi connectivity index (χ4n) is 1.86. The fourth-order valence-corrected chi connectivity index (χ4v) is 2.56. The second-order valence-corrected chi connectivity index (χ2v) is 5.59. The van der Waals surface area contributed by atoms with E-state index in [1.807, 2.05) is 0 Å². The minimum atomic E-state index is -4.49. The van der Waals surface area contributed by atoms with Gasteiger partial charge in [-0.05, 0) is 12.5 Å². The smallest absolute Gasteiger partial charge is 0.269 e. The van der Waals surface area contributed by atoms with Crippen LogP contribution in [0, 0.1) is 6.92 Å². The molecule has 20 heavy (non-hydrogen) atoms. The molecule has 0 fully saturated rings. The molecule has 0 bridgehead atoms. The van der Waals surface area contributed by atoms with Gasteiger partial charge in [0.25, 0.3) is 21.6 Å². The minimum Gasteiger partial charge on any atom is -0.494 e. The highest BCUT2D eigenvalue weighted by molar-refractivity contribution is 7.85. The van der Waals surface area contributed by atoms with Crippen LogP contribution in [0.1, 0.15) is 21.5 Å². The van der Waals surface area contributed by atoms with Crippen LogP contribution in [0.5, 0.6) is 5.88 Å². The minimum absolute atomic E-state index is 0.0277. The summed E-state index contributed by atoms with van der Waals surface area (Å²) in [6, 6.07) is 0. The van der Waals surface area contributed by atoms with Crippen molar-refractivity contribution in [1.82, 2.24) is 4.57 Å². The summed E-state index contributed by atoms with van der Waals surface area (Å²) < 4.78 is 31.5. The molecule has 0 aliphatic carbocycles. The molecule has 10 heteroatoms. The van der Waals surface area contributed by atoms with Crippen molar-refractivity contribution in [2.24, 2.45) is 11.5 Å². The van der Waals surface area contributed by atoms with E-state index in [1.165, 1.54) is 6.92 Å². The van der Waals surface area contributed by atoms with Gasteiger partial charge in [-0.25, -0.2) is 0 Å². The van der Waals surface area contributed by atoms with Crippen molar-refractivity contribution < 1.29 is 22.9 Å². The van der Waals surface area contributed by atoms with E-state index in [9.17, 15) is 23.1 Å². The first kappa shape index (κ1) is 16.1. The van der Waals surface area contributed by atoms with Crippen molar-refractivity contribution in [2.45, 2.75) is 19.2 Å². The van der Waals surface area contributed by atoms with Crippen LogP contribution in [0.15, 0.2) is 4.79 Å². The zero-order valence-corrected chi connectivity index (χ0v) is 11.5. The summed E-state index contributed by atoms with van der Waals surface area (Å²) in [7, 11) is -4.49. The number of aromatic hydroxyl groups is 1. The van der Waals surface area contributed by atoms with Gasteiger partial charge >= 0.3 is 0 Å². The summed E-state index contributed by atoms with van der Waals surface area (Å²) in [5.41, 5.74) is 8.73. The zero-order valence-electron chi connectivity index (χ0n) is 10.7. The van der Waals surface area contributed by atoms with Crippen molar-refractivity contribution in [3.63, 3.8) is 0 Å². The second-order valence-electron chi connectivity index (χ2n) is 4.14. The van der Waals surface area contributed by atoms with Gasteiger partial charge in [0.1, 0.15) is 11.3 Å². The average molecular weight is 305 g/mol. The molecule has 0 saturated carbocycles. The van der Waals surface area contributed by atoms with E-state index in [0.717, 1.165) is 4.57 Å². The molecule has 6 N–H and O–H groups in total. The Labute approximate surface area is 114 Å². The Kier molecular flexibility index (Phi) is 4.53. The quantitative estimate of drug-likeness (QED) is 0.471. The number of carbonyl (C=O) groups is 1. The first-order valence-corrected chi connectivity index (χ1v) is 7.11. The van der Waals surface area contributed by atoms with E-state index in [0.29, 0.717) is 0 Å². The largest absolute Gasteiger partial charge is 0.494 e. The molecule has 0 atom stereocenters. The lowest BCUT2D eigenvalue weighted by molar-refractivity contribution is 0.0995. The van der Waals surface area contributed by atoms with E-state index < -0.39 is 33.2 Å². The van der Waals surface area contributed by atoms with E-state index in [1.54, 1.807) is 0 Å². The number of aromatic nitrogens is 1. The maximum Gasteiger partial charge on any atom is 0.269 e. The molecule has 0 aromatic carbocycles. The van der Waals surface area contributed by atoms with Crippen molar-refractivity contribution >= 4 is 16.0 Å². The van der Waals surface area contributed by atoms with Gasteiger partial charge in [-0.2, -0.15) is 8.42 Å². The van der Waals surface area contributed by atoms with Gasteiger partial charge in [-0.3, -0.25) is 18.7 Å². The monoisotopic (exact) mass is 305 g/mol. The third-order valence-electron chi connectivity index (χ3n) is 2.74. The first-order valence-electron chi connectivity index (χ1n) is 5.50. The van der Waals surface area contributed by atoms with Crippen molar-refractivity contribution in [2.75, 3.05) is 6.54 Å². The van der Waals surface area contributed by atoms with Crippen LogP contribution in [-0.4, -0.2) is 35.1 Å². The van der Waals surface area contributed by atoms with Crippen LogP contribution < -0.4 is 17.0 Å². The normalized spacial score (nSPS) is 11.6. The molecule has 0 saturated heterocycles. The summed E-state index contributed by atoms with van der Waals surface area (Å²) >= 11 is 0. The number of primary amides is 1. The predicted octanol–water partition coefficient (Wildman–Crippen LogP) is -1.69. The highest BCUT2D eigenvalue weighted by Gasteiger charge is 2.24. The van der Waals surface area contributed by atoms with Crippen LogP contribution in [0.25, 0.3) is 0 Å². The molecule has 0 spiro atoms. The third kappa shape index (κ3) is 3.15. The van der Waals surface area contributed by atoms with Crippen LogP contribution in [-0.2, 0) is 22.4 Å². The van der Waals surface area contributed by atoms with Crippen LogP contribution >= 0.6 is 0 Å². The van der Waals surface area contributed by atoms with Gasteiger partial charge in [0, 0.05) is 18.7 Å². The lowest BCUT2D eigenvalue weighted by Gasteiger charge is -2.15. The van der Waals surface area contributed by atoms with E-state index >= 15 is 0 Å². The number of hydrogen-bond acceptors (Lipinski definition) is 6. The van der Waals surface area contributed by atoms with Crippen LogP contribution in [0.4, 0.5) is 0 Å². The number of hydrogen-bond donors (Lipinski definition) is 4. The SMILES string of the molecule is Cc1c(C(N)=O)c(O)n(CCN)c(=O)c1CS(=O)(=O)O. The van der Waals surface area contributed by atoms with Crippen LogP contribution in [0.3, 0.4) is 0 Å². The first-order chi connectivity index (χ1) is 9.10. The standard InChI is InChI=1S/C10H15N3O6S/c1-5-6(4-20(17,18)19)9(15)13(3-2-11)10(16)7(5)8(12)14/h16H,2-4,11H2,1H3,(H2,12,14)(H,17,18,19). The highest BCUT2D eigenvalue weighted by Crippen LogP contribution is 2.22. The van der Waals surface area contributed by atoms with Crippen molar-refractivity contribution in [1.29, 1.82) is 0 Å². The molecular weight excluding hydrogens is 290 g/mol. The summed E-state index contributed by atoms with van der Waals surface area (Å²) in [4.78, 5) is 23.4. The van der Waals surface area contributed by atoms with E-state index in [-0.39, 0.29) is 29.8 Å². The molecule has 9 nitrogen and oxygen atoms in total. The summed E-state index contributed by atoms with van der Waals surface area (Å²) in [5.74, 6) is -2.69. The van der Waals surface area contributed by atoms with E-state index in [4.69, 9.17) is 16.0 Å². The lowest BCUT2D eigenvalue weighted by Crippen LogP contribution is -2.32. The number of pyridine rings is 1. The van der Waals surface area contributed by atoms with Crippen molar-refractivity contribution in [3.8, 4) is 5.88 Å². The number of nitrogens with two attached hydrogens (primary N) is 2. The lowest BCUT2D eigenvalue weighted by atomic mass is 10.1. The Morgan fingerprint density at radius 2 is 1.95 bits per heavy atom. The van der Waals surface area contributed by atoms with Gasteiger partial charge in [0.2, 0.25) is 5.88 Å². The predicted molar refractivity (Wildman–Crippen MR) is 69.9 cm³/mol. The van der Waals surface area contributed by atoms with Gasteiger partial charge < -0.3 is 16.6 Å². The fraction of sp³-hybridized carbons (Fsp3) is 0.400. The van der Waals surface area contributed by atoms with Gasteiger partial charge in [0.05, 0.1) is 0 Å². The van der Waals surface area contributed by atoms with E-state index in [2.05, 4.69) is 0 Å². The maximum absolute atomic E-state index is 12.1. The molecule has 1 rings (SSSR count). The summed E-state index contributed by atoms with van der Waals surface area (Å²) in [5, 5.41) is 9.87. The molecular formula is C10H15N3O6S.